The summed E-state index contributed by atoms with van der Waals surface area (Å²) in [6, 6.07) is 0.411. The Hall–Kier alpha value is -1.10. The maximum atomic E-state index is 12.6. The second kappa shape index (κ2) is 6.66. The number of likely N-dealkylation sites (tertiary alicyclic amines) is 3. The molecule has 3 saturated heterocycles. The lowest BCUT2D eigenvalue weighted by Gasteiger charge is -2.54. The van der Waals surface area contributed by atoms with Crippen molar-refractivity contribution in [1.82, 2.24) is 14.7 Å². The Bertz CT molecular complexity index is 487. The smallest absolute Gasteiger partial charge is 0.240 e. The summed E-state index contributed by atoms with van der Waals surface area (Å²) in [5.74, 6) is 1.08. The molecule has 5 nitrogen and oxygen atoms in total. The van der Waals surface area contributed by atoms with Crippen LogP contribution in [0.1, 0.15) is 53.4 Å². The highest BCUT2D eigenvalue weighted by Gasteiger charge is 2.48. The van der Waals surface area contributed by atoms with Crippen LogP contribution in [0.3, 0.4) is 0 Å². The second-order valence-electron chi connectivity index (χ2n) is 8.81. The minimum atomic E-state index is 0.100. The van der Waals surface area contributed by atoms with Crippen molar-refractivity contribution in [2.75, 3.05) is 32.7 Å². The Balaban J connectivity index is 1.48. The van der Waals surface area contributed by atoms with Crippen LogP contribution < -0.4 is 0 Å². The van der Waals surface area contributed by atoms with Gasteiger partial charge in [0.15, 0.2) is 0 Å². The highest BCUT2D eigenvalue weighted by Crippen LogP contribution is 2.41. The number of carbonyl (C=O) groups is 2. The van der Waals surface area contributed by atoms with Crippen LogP contribution in [-0.4, -0.2) is 71.3 Å². The van der Waals surface area contributed by atoms with E-state index in [2.05, 4.69) is 32.6 Å². The molecule has 0 aliphatic carbocycles. The number of rotatable bonds is 4. The Morgan fingerprint density at radius 1 is 1.12 bits per heavy atom. The van der Waals surface area contributed by atoms with E-state index in [0.717, 1.165) is 52.0 Å². The molecule has 2 amide bonds. The van der Waals surface area contributed by atoms with E-state index in [1.165, 1.54) is 0 Å². The summed E-state index contributed by atoms with van der Waals surface area (Å²) in [4.78, 5) is 31.2. The van der Waals surface area contributed by atoms with Crippen molar-refractivity contribution in [1.29, 1.82) is 0 Å². The van der Waals surface area contributed by atoms with E-state index in [1.807, 2.05) is 9.80 Å². The molecule has 0 aromatic carbocycles. The van der Waals surface area contributed by atoms with E-state index < -0.39 is 0 Å². The molecule has 24 heavy (non-hydrogen) atoms. The predicted molar refractivity (Wildman–Crippen MR) is 94.5 cm³/mol. The van der Waals surface area contributed by atoms with Gasteiger partial charge in [-0.2, -0.15) is 0 Å². The van der Waals surface area contributed by atoms with E-state index in [4.69, 9.17) is 0 Å². The zero-order chi connectivity index (χ0) is 17.5. The summed E-state index contributed by atoms with van der Waals surface area (Å²) in [6.45, 7) is 13.2. The number of amides is 2. The summed E-state index contributed by atoms with van der Waals surface area (Å²) < 4.78 is 0. The molecular formula is C19H33N3O2. The maximum absolute atomic E-state index is 12.6. The number of carbonyl (C=O) groups excluding carboxylic acids is 2. The van der Waals surface area contributed by atoms with E-state index >= 15 is 0 Å². The predicted octanol–water partition coefficient (Wildman–Crippen LogP) is 1.97. The molecule has 3 aliphatic heterocycles. The molecule has 0 N–H and O–H groups in total. The topological polar surface area (TPSA) is 43.9 Å². The quantitative estimate of drug-likeness (QED) is 0.789. The molecule has 1 atom stereocenters. The van der Waals surface area contributed by atoms with Crippen molar-refractivity contribution >= 4 is 11.8 Å². The third kappa shape index (κ3) is 3.32. The lowest BCUT2D eigenvalue weighted by molar-refractivity contribution is -0.148. The SMILES string of the molecule is CC(C)CC(=O)N1CC2(CCN(C3CCN(C(C)C)C3=O)CC2)C1. The number of nitrogens with zero attached hydrogens (tertiary/aromatic N) is 3. The summed E-state index contributed by atoms with van der Waals surface area (Å²) >= 11 is 0. The lowest BCUT2D eigenvalue weighted by atomic mass is 9.71. The third-order valence-electron chi connectivity index (χ3n) is 6.12. The molecule has 0 aromatic heterocycles. The van der Waals surface area contributed by atoms with Crippen LogP contribution in [0.4, 0.5) is 0 Å². The fourth-order valence-corrected chi connectivity index (χ4v) is 4.58. The van der Waals surface area contributed by atoms with Gasteiger partial charge in [-0.05, 0) is 52.1 Å². The molecule has 5 heteroatoms. The van der Waals surface area contributed by atoms with Crippen LogP contribution in [0.2, 0.25) is 0 Å². The molecule has 136 valence electrons. The molecule has 3 heterocycles. The van der Waals surface area contributed by atoms with Crippen molar-refractivity contribution in [2.45, 2.75) is 65.5 Å². The van der Waals surface area contributed by atoms with Gasteiger partial charge in [-0.3, -0.25) is 14.5 Å². The van der Waals surface area contributed by atoms with E-state index in [0.29, 0.717) is 35.6 Å². The Morgan fingerprint density at radius 2 is 1.75 bits per heavy atom. The Morgan fingerprint density at radius 3 is 2.25 bits per heavy atom. The average Bonchev–Trinajstić information content (AvgIpc) is 2.86. The number of hydrogen-bond acceptors (Lipinski definition) is 3. The van der Waals surface area contributed by atoms with Crippen LogP contribution in [0.15, 0.2) is 0 Å². The van der Waals surface area contributed by atoms with E-state index in [9.17, 15) is 9.59 Å². The van der Waals surface area contributed by atoms with Gasteiger partial charge in [-0.25, -0.2) is 0 Å². The highest BCUT2D eigenvalue weighted by molar-refractivity contribution is 5.84. The molecular weight excluding hydrogens is 302 g/mol. The van der Waals surface area contributed by atoms with Gasteiger partial charge in [0.1, 0.15) is 0 Å². The Labute approximate surface area is 146 Å². The summed E-state index contributed by atoms with van der Waals surface area (Å²) in [5.41, 5.74) is 0.336. The zero-order valence-corrected chi connectivity index (χ0v) is 15.8. The van der Waals surface area contributed by atoms with Crippen LogP contribution in [-0.2, 0) is 9.59 Å². The van der Waals surface area contributed by atoms with E-state index in [-0.39, 0.29) is 6.04 Å². The van der Waals surface area contributed by atoms with E-state index in [1.54, 1.807) is 0 Å². The normalized spacial score (nSPS) is 27.4. The Kier molecular flexibility index (Phi) is 4.92. The van der Waals surface area contributed by atoms with Gasteiger partial charge < -0.3 is 9.80 Å². The zero-order valence-electron chi connectivity index (χ0n) is 15.8. The van der Waals surface area contributed by atoms with Crippen molar-refractivity contribution in [2.24, 2.45) is 11.3 Å². The first-order valence-electron chi connectivity index (χ1n) is 9.64. The van der Waals surface area contributed by atoms with Crippen LogP contribution in [0, 0.1) is 11.3 Å². The lowest BCUT2D eigenvalue weighted by Crippen LogP contribution is -2.63. The fraction of sp³-hybridized carbons (Fsp3) is 0.895. The minimum Gasteiger partial charge on any atom is -0.341 e. The maximum Gasteiger partial charge on any atom is 0.240 e. The van der Waals surface area contributed by atoms with Gasteiger partial charge in [0, 0.05) is 37.5 Å². The van der Waals surface area contributed by atoms with Crippen LogP contribution in [0.5, 0.6) is 0 Å². The fourth-order valence-electron chi connectivity index (χ4n) is 4.58. The van der Waals surface area contributed by atoms with Crippen molar-refractivity contribution < 1.29 is 9.59 Å². The molecule has 3 aliphatic rings. The van der Waals surface area contributed by atoms with Gasteiger partial charge >= 0.3 is 0 Å². The molecule has 0 aromatic rings. The van der Waals surface area contributed by atoms with Gasteiger partial charge in [0.2, 0.25) is 11.8 Å². The number of piperidine rings is 1. The first-order valence-corrected chi connectivity index (χ1v) is 9.64. The highest BCUT2D eigenvalue weighted by atomic mass is 16.2. The first kappa shape index (κ1) is 17.7. The van der Waals surface area contributed by atoms with Gasteiger partial charge in [0.25, 0.3) is 0 Å². The molecule has 3 fully saturated rings. The molecule has 1 spiro atoms. The summed E-state index contributed by atoms with van der Waals surface area (Å²) in [5, 5.41) is 0. The van der Waals surface area contributed by atoms with Gasteiger partial charge in [-0.15, -0.1) is 0 Å². The molecule has 3 rings (SSSR count). The van der Waals surface area contributed by atoms with Crippen LogP contribution in [0.25, 0.3) is 0 Å². The molecule has 0 bridgehead atoms. The monoisotopic (exact) mass is 335 g/mol. The van der Waals surface area contributed by atoms with Crippen LogP contribution >= 0.6 is 0 Å². The second-order valence-corrected chi connectivity index (χ2v) is 8.81. The van der Waals surface area contributed by atoms with Crippen molar-refractivity contribution in [3.05, 3.63) is 0 Å². The van der Waals surface area contributed by atoms with Gasteiger partial charge in [0.05, 0.1) is 6.04 Å². The minimum absolute atomic E-state index is 0.100. The molecule has 0 radical (unpaired) electrons. The summed E-state index contributed by atoms with van der Waals surface area (Å²) in [6.07, 6.45) is 3.90. The average molecular weight is 335 g/mol. The molecule has 1 unspecified atom stereocenters. The largest absolute Gasteiger partial charge is 0.341 e. The first-order chi connectivity index (χ1) is 11.3. The van der Waals surface area contributed by atoms with Crippen molar-refractivity contribution in [3.8, 4) is 0 Å². The van der Waals surface area contributed by atoms with Gasteiger partial charge in [-0.1, -0.05) is 13.8 Å². The third-order valence-corrected chi connectivity index (χ3v) is 6.12. The molecule has 0 saturated carbocycles. The standard InChI is InChI=1S/C19H33N3O2/c1-14(2)11-17(23)21-12-19(13-21)6-9-20(10-7-19)16-5-8-22(15(3)4)18(16)24/h14-16H,5-13H2,1-4H3. The summed E-state index contributed by atoms with van der Waals surface area (Å²) in [7, 11) is 0. The van der Waals surface area contributed by atoms with Crippen molar-refractivity contribution in [3.63, 3.8) is 0 Å². The number of hydrogen-bond donors (Lipinski definition) is 0.